The van der Waals surface area contributed by atoms with Crippen molar-refractivity contribution in [1.29, 1.82) is 0 Å². The van der Waals surface area contributed by atoms with E-state index in [-0.39, 0.29) is 5.69 Å². The van der Waals surface area contributed by atoms with E-state index >= 15 is 0 Å². The zero-order chi connectivity index (χ0) is 24.0. The number of ether oxygens (including phenoxy) is 1. The summed E-state index contributed by atoms with van der Waals surface area (Å²) in [7, 11) is 0. The van der Waals surface area contributed by atoms with Crippen LogP contribution >= 0.6 is 11.6 Å². The number of hydrogen-bond donors (Lipinski definition) is 0. The molecule has 0 unspecified atom stereocenters. The highest BCUT2D eigenvalue weighted by molar-refractivity contribution is 6.68. The Labute approximate surface area is 208 Å². The van der Waals surface area contributed by atoms with E-state index in [1.54, 1.807) is 6.20 Å². The maximum absolute atomic E-state index is 12.1. The third kappa shape index (κ3) is 8.25. The number of aromatic nitrogens is 2. The Morgan fingerprint density at radius 3 is 2.03 bits per heavy atom. The van der Waals surface area contributed by atoms with Gasteiger partial charge in [0.05, 0.1) is 6.61 Å². The van der Waals surface area contributed by atoms with Crippen LogP contribution in [0, 0.1) is 0 Å². The van der Waals surface area contributed by atoms with Crippen LogP contribution in [0.4, 0.5) is 0 Å². The molecule has 5 heteroatoms. The summed E-state index contributed by atoms with van der Waals surface area (Å²) in [5, 5.41) is -0.601. The lowest BCUT2D eigenvalue weighted by Crippen LogP contribution is -2.02. The highest BCUT2D eigenvalue weighted by atomic mass is 35.5. The quantitative estimate of drug-likeness (QED) is 0.162. The molecule has 0 fully saturated rings. The lowest BCUT2D eigenvalue weighted by atomic mass is 10.1. The second-order valence-corrected chi connectivity index (χ2v) is 8.99. The maximum atomic E-state index is 12.1. The fraction of sp³-hybridized carbons (Fsp3) is 0.414. The van der Waals surface area contributed by atoms with Crippen LogP contribution in [0.1, 0.15) is 81.6 Å². The average Bonchev–Trinajstić information content (AvgIpc) is 2.88. The molecule has 1 heterocycles. The number of carbonyl (C=O) groups excluding carboxylic acids is 1. The van der Waals surface area contributed by atoms with Gasteiger partial charge in [-0.2, -0.15) is 0 Å². The van der Waals surface area contributed by atoms with Gasteiger partial charge in [-0.05, 0) is 35.7 Å². The molecule has 0 radical (unpaired) electrons. The van der Waals surface area contributed by atoms with Crippen LogP contribution < -0.4 is 4.74 Å². The Balaban J connectivity index is 1.46. The summed E-state index contributed by atoms with van der Waals surface area (Å²) in [6.45, 7) is 2.98. The van der Waals surface area contributed by atoms with Crippen LogP contribution in [0.25, 0.3) is 22.5 Å². The van der Waals surface area contributed by atoms with Gasteiger partial charge in [0.2, 0.25) is 0 Å². The van der Waals surface area contributed by atoms with E-state index in [9.17, 15) is 4.79 Å². The lowest BCUT2D eigenvalue weighted by molar-refractivity contribution is 0.107. The van der Waals surface area contributed by atoms with Crippen molar-refractivity contribution in [3.05, 3.63) is 66.5 Å². The standard InChI is InChI=1S/C29H35ClN2O2/c1-2-3-4-5-6-7-8-9-10-14-21-34-25-19-17-23(18-20-25)26-22-31-29(32-27(26)28(30)33)24-15-12-11-13-16-24/h11-13,15-20,22H,2-10,14,21H2,1H3. The first kappa shape index (κ1) is 25.9. The monoisotopic (exact) mass is 478 g/mol. The van der Waals surface area contributed by atoms with Gasteiger partial charge in [-0.1, -0.05) is 107 Å². The van der Waals surface area contributed by atoms with Gasteiger partial charge in [-0.25, -0.2) is 9.97 Å². The van der Waals surface area contributed by atoms with Crippen molar-refractivity contribution in [2.45, 2.75) is 71.1 Å². The highest BCUT2D eigenvalue weighted by Crippen LogP contribution is 2.27. The van der Waals surface area contributed by atoms with Gasteiger partial charge in [0.25, 0.3) is 5.24 Å². The van der Waals surface area contributed by atoms with Gasteiger partial charge >= 0.3 is 0 Å². The fourth-order valence-electron chi connectivity index (χ4n) is 3.98. The van der Waals surface area contributed by atoms with Crippen molar-refractivity contribution in [1.82, 2.24) is 9.97 Å². The van der Waals surface area contributed by atoms with Crippen molar-refractivity contribution < 1.29 is 9.53 Å². The van der Waals surface area contributed by atoms with Crippen molar-refractivity contribution >= 4 is 16.8 Å². The van der Waals surface area contributed by atoms with Crippen molar-refractivity contribution in [3.63, 3.8) is 0 Å². The highest BCUT2D eigenvalue weighted by Gasteiger charge is 2.16. The van der Waals surface area contributed by atoms with Crippen LogP contribution in [0.5, 0.6) is 5.75 Å². The van der Waals surface area contributed by atoms with E-state index in [1.807, 2.05) is 54.6 Å². The molecule has 0 aliphatic carbocycles. The first-order valence-corrected chi connectivity index (χ1v) is 12.9. The van der Waals surface area contributed by atoms with Gasteiger partial charge < -0.3 is 4.74 Å². The Morgan fingerprint density at radius 1 is 0.794 bits per heavy atom. The molecule has 34 heavy (non-hydrogen) atoms. The minimum absolute atomic E-state index is 0.203. The van der Waals surface area contributed by atoms with E-state index in [1.165, 1.54) is 57.8 Å². The smallest absolute Gasteiger partial charge is 0.271 e. The molecule has 0 aliphatic heterocycles. The summed E-state index contributed by atoms with van der Waals surface area (Å²) >= 11 is 5.85. The lowest BCUT2D eigenvalue weighted by Gasteiger charge is -2.10. The normalized spacial score (nSPS) is 10.9. The number of carbonyl (C=O) groups is 1. The Kier molecular flexibility index (Phi) is 11.1. The Bertz CT molecular complexity index is 1010. The largest absolute Gasteiger partial charge is 0.494 e. The van der Waals surface area contributed by atoms with Crippen LogP contribution in [0.2, 0.25) is 0 Å². The summed E-state index contributed by atoms with van der Waals surface area (Å²) in [5.74, 6) is 1.30. The molecular formula is C29H35ClN2O2. The average molecular weight is 479 g/mol. The first-order chi connectivity index (χ1) is 16.7. The molecule has 0 aliphatic rings. The fourth-order valence-corrected chi connectivity index (χ4v) is 4.12. The zero-order valence-corrected chi connectivity index (χ0v) is 20.9. The number of nitrogens with zero attached hydrogens (tertiary/aromatic N) is 2. The van der Waals surface area contributed by atoms with Crippen LogP contribution in [-0.4, -0.2) is 21.8 Å². The molecule has 0 saturated heterocycles. The molecule has 0 spiro atoms. The van der Waals surface area contributed by atoms with E-state index in [0.29, 0.717) is 11.4 Å². The molecule has 180 valence electrons. The predicted molar refractivity (Wildman–Crippen MR) is 140 cm³/mol. The Hall–Kier alpha value is -2.72. The van der Waals surface area contributed by atoms with Gasteiger partial charge in [-0.3, -0.25) is 4.79 Å². The summed E-state index contributed by atoms with van der Waals surface area (Å²) in [4.78, 5) is 20.9. The second-order valence-electron chi connectivity index (χ2n) is 8.65. The molecule has 3 aromatic rings. The predicted octanol–water partition coefficient (Wildman–Crippen LogP) is 8.49. The van der Waals surface area contributed by atoms with Crippen LogP contribution in [-0.2, 0) is 0 Å². The number of hydrogen-bond acceptors (Lipinski definition) is 4. The summed E-state index contributed by atoms with van der Waals surface area (Å²) < 4.78 is 5.90. The molecule has 0 N–H and O–H groups in total. The summed E-state index contributed by atoms with van der Waals surface area (Å²) in [6, 6.07) is 17.2. The van der Waals surface area contributed by atoms with Crippen molar-refractivity contribution in [2.75, 3.05) is 6.61 Å². The van der Waals surface area contributed by atoms with Crippen LogP contribution in [0.3, 0.4) is 0 Å². The third-order valence-corrected chi connectivity index (χ3v) is 6.12. The minimum Gasteiger partial charge on any atom is -0.494 e. The number of rotatable bonds is 15. The number of unbranched alkanes of at least 4 members (excludes halogenated alkanes) is 9. The first-order valence-electron chi connectivity index (χ1n) is 12.5. The molecule has 0 bridgehead atoms. The SMILES string of the molecule is CCCCCCCCCCCCOc1ccc(-c2cnc(-c3ccccc3)nc2C(=O)Cl)cc1. The molecule has 0 saturated carbocycles. The number of halogens is 1. The van der Waals surface area contributed by atoms with E-state index in [4.69, 9.17) is 16.3 Å². The molecule has 2 aromatic carbocycles. The molecule has 0 amide bonds. The van der Waals surface area contributed by atoms with Gasteiger partial charge in [-0.15, -0.1) is 0 Å². The second kappa shape index (κ2) is 14.5. The molecule has 0 atom stereocenters. The van der Waals surface area contributed by atoms with Crippen molar-refractivity contribution in [2.24, 2.45) is 0 Å². The van der Waals surface area contributed by atoms with Gasteiger partial charge in [0.1, 0.15) is 11.4 Å². The van der Waals surface area contributed by atoms with Gasteiger partial charge in [0, 0.05) is 17.3 Å². The van der Waals surface area contributed by atoms with Gasteiger partial charge in [0.15, 0.2) is 5.82 Å². The molecular weight excluding hydrogens is 444 g/mol. The zero-order valence-electron chi connectivity index (χ0n) is 20.1. The third-order valence-electron chi connectivity index (χ3n) is 5.94. The van der Waals surface area contributed by atoms with Crippen molar-refractivity contribution in [3.8, 4) is 28.3 Å². The van der Waals surface area contributed by atoms with E-state index in [2.05, 4.69) is 16.9 Å². The molecule has 1 aromatic heterocycles. The minimum atomic E-state index is -0.601. The molecule has 4 nitrogen and oxygen atoms in total. The van der Waals surface area contributed by atoms with E-state index < -0.39 is 5.24 Å². The maximum Gasteiger partial charge on any atom is 0.271 e. The summed E-state index contributed by atoms with van der Waals surface area (Å²) in [6.07, 6.45) is 14.7. The molecule has 3 rings (SSSR count). The Morgan fingerprint density at radius 2 is 1.41 bits per heavy atom. The van der Waals surface area contributed by atoms with E-state index in [0.717, 1.165) is 29.9 Å². The topological polar surface area (TPSA) is 52.1 Å². The summed E-state index contributed by atoms with van der Waals surface area (Å²) in [5.41, 5.74) is 2.48. The van der Waals surface area contributed by atoms with Crippen LogP contribution in [0.15, 0.2) is 60.8 Å². The number of benzene rings is 2.